The van der Waals surface area contributed by atoms with Gasteiger partial charge in [-0.1, -0.05) is 13.0 Å². The van der Waals surface area contributed by atoms with Gasteiger partial charge in [0.05, 0.1) is 17.9 Å². The summed E-state index contributed by atoms with van der Waals surface area (Å²) in [6, 6.07) is 8.76. The molecule has 1 aliphatic heterocycles. The number of sulfonamides is 1. The standard InChI is InChI=1S/C24H34N4O5S/c1-17-13-28(14-19-7-6-10-25-12-19)18(2)16-33-22-9-8-20(26-34(5,30)31)11-21(22)24(29)27(3)15-23(17)32-4/h6-12,17-18,23,26H,13-16H2,1-5H3/t17-,18+,23-/m0/s1. The molecule has 1 N–H and O–H groups in total. The van der Waals surface area contributed by atoms with Crippen molar-refractivity contribution in [2.24, 2.45) is 5.92 Å². The summed E-state index contributed by atoms with van der Waals surface area (Å²) in [5, 5.41) is 0. The highest BCUT2D eigenvalue weighted by Gasteiger charge is 2.28. The van der Waals surface area contributed by atoms with E-state index < -0.39 is 10.0 Å². The van der Waals surface area contributed by atoms with Crippen LogP contribution in [0, 0.1) is 5.92 Å². The van der Waals surface area contributed by atoms with Crippen LogP contribution in [0.1, 0.15) is 29.8 Å². The van der Waals surface area contributed by atoms with Crippen LogP contribution in [-0.2, 0) is 21.3 Å². The van der Waals surface area contributed by atoms with Gasteiger partial charge < -0.3 is 14.4 Å². The van der Waals surface area contributed by atoms with Crippen molar-refractivity contribution in [3.63, 3.8) is 0 Å². The fourth-order valence-corrected chi connectivity index (χ4v) is 4.63. The first kappa shape index (κ1) is 25.9. The van der Waals surface area contributed by atoms with Crippen LogP contribution < -0.4 is 9.46 Å². The molecule has 34 heavy (non-hydrogen) atoms. The summed E-state index contributed by atoms with van der Waals surface area (Å²) in [5.41, 5.74) is 1.71. The number of carbonyl (C=O) groups is 1. The minimum atomic E-state index is -3.49. The second-order valence-electron chi connectivity index (χ2n) is 8.97. The number of fused-ring (bicyclic) bond motifs is 1. The van der Waals surface area contributed by atoms with Gasteiger partial charge in [-0.05, 0) is 42.7 Å². The maximum atomic E-state index is 13.3. The Labute approximate surface area is 202 Å². The maximum Gasteiger partial charge on any atom is 0.257 e. The Hall–Kier alpha value is -2.69. The van der Waals surface area contributed by atoms with E-state index in [1.54, 1.807) is 37.4 Å². The van der Waals surface area contributed by atoms with Gasteiger partial charge >= 0.3 is 0 Å². The number of likely N-dealkylation sites (N-methyl/N-ethyl adjacent to an activating group) is 1. The summed E-state index contributed by atoms with van der Waals surface area (Å²) in [7, 11) is -0.118. The van der Waals surface area contributed by atoms with E-state index in [0.29, 0.717) is 36.7 Å². The fourth-order valence-electron chi connectivity index (χ4n) is 4.08. The first-order valence-corrected chi connectivity index (χ1v) is 13.1. The van der Waals surface area contributed by atoms with Crippen molar-refractivity contribution in [2.75, 3.05) is 44.8 Å². The lowest BCUT2D eigenvalue weighted by molar-refractivity contribution is 0.00920. The predicted octanol–water partition coefficient (Wildman–Crippen LogP) is 2.46. The number of rotatable bonds is 5. The normalized spacial score (nSPS) is 22.8. The third kappa shape index (κ3) is 6.91. The second kappa shape index (κ2) is 11.2. The van der Waals surface area contributed by atoms with E-state index >= 15 is 0 Å². The molecule has 0 spiro atoms. The first-order chi connectivity index (χ1) is 16.1. The minimum Gasteiger partial charge on any atom is -0.491 e. The summed E-state index contributed by atoms with van der Waals surface area (Å²) in [6.07, 6.45) is 4.51. The molecule has 1 aromatic heterocycles. The quantitative estimate of drug-likeness (QED) is 0.687. The van der Waals surface area contributed by atoms with Crippen molar-refractivity contribution in [3.05, 3.63) is 53.9 Å². The molecule has 0 fully saturated rings. The van der Waals surface area contributed by atoms with Gasteiger partial charge in [0.15, 0.2) is 0 Å². The van der Waals surface area contributed by atoms with Crippen LogP contribution in [-0.4, -0.2) is 81.4 Å². The van der Waals surface area contributed by atoms with Gasteiger partial charge in [0.25, 0.3) is 5.91 Å². The predicted molar refractivity (Wildman–Crippen MR) is 131 cm³/mol. The molecular weight excluding hydrogens is 456 g/mol. The van der Waals surface area contributed by atoms with Gasteiger partial charge in [0, 0.05) is 57.9 Å². The summed E-state index contributed by atoms with van der Waals surface area (Å²) in [5.74, 6) is 0.282. The summed E-state index contributed by atoms with van der Waals surface area (Å²) < 4.78 is 37.7. The van der Waals surface area contributed by atoms with Crippen molar-refractivity contribution < 1.29 is 22.7 Å². The molecule has 3 atom stereocenters. The number of amides is 1. The van der Waals surface area contributed by atoms with Crippen LogP contribution in [0.15, 0.2) is 42.7 Å². The second-order valence-corrected chi connectivity index (χ2v) is 10.7. The number of methoxy groups -OCH3 is 1. The highest BCUT2D eigenvalue weighted by Crippen LogP contribution is 2.27. The fraction of sp³-hybridized carbons (Fsp3) is 0.500. The van der Waals surface area contributed by atoms with Crippen LogP contribution in [0.3, 0.4) is 0 Å². The van der Waals surface area contributed by atoms with Crippen molar-refractivity contribution in [1.29, 1.82) is 0 Å². The molecule has 1 aromatic carbocycles. The summed E-state index contributed by atoms with van der Waals surface area (Å²) in [4.78, 5) is 21.5. The number of hydrogen-bond acceptors (Lipinski definition) is 7. The molecule has 0 radical (unpaired) electrons. The van der Waals surface area contributed by atoms with Crippen molar-refractivity contribution in [3.8, 4) is 5.75 Å². The highest BCUT2D eigenvalue weighted by molar-refractivity contribution is 7.92. The molecule has 0 aliphatic carbocycles. The van der Waals surface area contributed by atoms with Gasteiger partial charge in [0.1, 0.15) is 12.4 Å². The van der Waals surface area contributed by atoms with Gasteiger partial charge in [0.2, 0.25) is 10.0 Å². The molecule has 1 amide bonds. The van der Waals surface area contributed by atoms with E-state index in [1.807, 2.05) is 18.3 Å². The topological polar surface area (TPSA) is 101 Å². The number of anilines is 1. The molecular formula is C24H34N4O5S. The zero-order valence-corrected chi connectivity index (χ0v) is 21.2. The zero-order chi connectivity index (χ0) is 24.9. The number of benzene rings is 1. The van der Waals surface area contributed by atoms with Crippen molar-refractivity contribution >= 4 is 21.6 Å². The average Bonchev–Trinajstić information content (AvgIpc) is 2.79. The van der Waals surface area contributed by atoms with Crippen LogP contribution >= 0.6 is 0 Å². The van der Waals surface area contributed by atoms with E-state index in [1.165, 1.54) is 6.07 Å². The van der Waals surface area contributed by atoms with E-state index in [9.17, 15) is 13.2 Å². The van der Waals surface area contributed by atoms with Crippen LogP contribution in [0.2, 0.25) is 0 Å². The highest BCUT2D eigenvalue weighted by atomic mass is 32.2. The van der Waals surface area contributed by atoms with E-state index in [4.69, 9.17) is 9.47 Å². The van der Waals surface area contributed by atoms with Gasteiger partial charge in [-0.15, -0.1) is 0 Å². The number of hydrogen-bond donors (Lipinski definition) is 1. The Bertz CT molecular complexity index is 1080. The Morgan fingerprint density at radius 2 is 2.00 bits per heavy atom. The maximum absolute atomic E-state index is 13.3. The molecule has 2 heterocycles. The Morgan fingerprint density at radius 3 is 2.65 bits per heavy atom. The number of aromatic nitrogens is 1. The van der Waals surface area contributed by atoms with E-state index in [0.717, 1.165) is 18.4 Å². The lowest BCUT2D eigenvalue weighted by atomic mass is 10.0. The lowest BCUT2D eigenvalue weighted by Crippen LogP contribution is -2.46. The average molecular weight is 491 g/mol. The molecule has 186 valence electrons. The number of pyridine rings is 1. The van der Waals surface area contributed by atoms with Gasteiger partial charge in [-0.25, -0.2) is 8.42 Å². The Kier molecular flexibility index (Phi) is 8.51. The molecule has 0 saturated carbocycles. The molecule has 2 aromatic rings. The monoisotopic (exact) mass is 490 g/mol. The molecule has 0 saturated heterocycles. The third-order valence-electron chi connectivity index (χ3n) is 5.99. The molecule has 10 heteroatoms. The van der Waals surface area contributed by atoms with Crippen LogP contribution in [0.5, 0.6) is 5.75 Å². The number of nitrogens with zero attached hydrogens (tertiary/aromatic N) is 3. The zero-order valence-electron chi connectivity index (χ0n) is 20.4. The Balaban J connectivity index is 1.96. The summed E-state index contributed by atoms with van der Waals surface area (Å²) >= 11 is 0. The molecule has 9 nitrogen and oxygen atoms in total. The van der Waals surface area contributed by atoms with Crippen molar-refractivity contribution in [1.82, 2.24) is 14.8 Å². The van der Waals surface area contributed by atoms with E-state index in [-0.39, 0.29) is 24.0 Å². The largest absolute Gasteiger partial charge is 0.491 e. The SMILES string of the molecule is CO[C@H]1CN(C)C(=O)c2cc(NS(C)(=O)=O)ccc2OC[C@@H](C)N(Cc2cccnc2)C[C@@H]1C. The third-order valence-corrected chi connectivity index (χ3v) is 6.59. The summed E-state index contributed by atoms with van der Waals surface area (Å²) in [6.45, 7) is 6.40. The molecule has 3 rings (SSSR count). The molecule has 1 aliphatic rings. The smallest absolute Gasteiger partial charge is 0.257 e. The lowest BCUT2D eigenvalue weighted by Gasteiger charge is -2.36. The first-order valence-electron chi connectivity index (χ1n) is 11.2. The van der Waals surface area contributed by atoms with Crippen molar-refractivity contribution in [2.45, 2.75) is 32.5 Å². The number of ether oxygens (including phenoxy) is 2. The minimum absolute atomic E-state index is 0.0362. The number of carbonyl (C=O) groups excluding carboxylic acids is 1. The van der Waals surface area contributed by atoms with E-state index in [2.05, 4.69) is 28.5 Å². The number of nitrogens with one attached hydrogen (secondary N) is 1. The van der Waals surface area contributed by atoms with Gasteiger partial charge in [-0.2, -0.15) is 0 Å². The van der Waals surface area contributed by atoms with Crippen LogP contribution in [0.25, 0.3) is 0 Å². The molecule has 0 unspecified atom stereocenters. The Morgan fingerprint density at radius 1 is 1.24 bits per heavy atom. The molecule has 0 bridgehead atoms. The van der Waals surface area contributed by atoms with Crippen LogP contribution in [0.4, 0.5) is 5.69 Å². The van der Waals surface area contributed by atoms with Gasteiger partial charge in [-0.3, -0.25) is 19.4 Å².